The second-order valence-electron chi connectivity index (χ2n) is 6.44. The Morgan fingerprint density at radius 1 is 1.48 bits per heavy atom. The lowest BCUT2D eigenvalue weighted by molar-refractivity contribution is -0.146. The second-order valence-corrected chi connectivity index (χ2v) is 6.44. The largest absolute Gasteiger partial charge is 0.480 e. The van der Waals surface area contributed by atoms with Crippen LogP contribution in [-0.4, -0.2) is 27.1 Å². The normalized spacial score (nSPS) is 25.8. The molecule has 2 atom stereocenters. The fourth-order valence-electron chi connectivity index (χ4n) is 3.23. The molecule has 5 nitrogen and oxygen atoms in total. The summed E-state index contributed by atoms with van der Waals surface area (Å²) in [5.41, 5.74) is -0.607. The van der Waals surface area contributed by atoms with Gasteiger partial charge in [-0.15, -0.1) is 0 Å². The van der Waals surface area contributed by atoms with Crippen molar-refractivity contribution < 1.29 is 14.7 Å². The van der Waals surface area contributed by atoms with E-state index in [0.717, 1.165) is 12.8 Å². The number of carboxylic acids is 1. The smallest absolute Gasteiger partial charge is 0.329 e. The van der Waals surface area contributed by atoms with Crippen LogP contribution >= 0.6 is 0 Å². The average molecular weight is 292 g/mol. The van der Waals surface area contributed by atoms with E-state index in [1.54, 1.807) is 6.07 Å². The monoisotopic (exact) mass is 292 g/mol. The summed E-state index contributed by atoms with van der Waals surface area (Å²) in [5, 5.41) is 12.4. The van der Waals surface area contributed by atoms with Crippen LogP contribution in [0, 0.1) is 5.92 Å². The highest BCUT2D eigenvalue weighted by molar-refractivity contribution is 5.96. The Hall–Kier alpha value is -1.78. The number of hydrogen-bond acceptors (Lipinski definition) is 2. The van der Waals surface area contributed by atoms with E-state index in [0.29, 0.717) is 24.5 Å². The first-order valence-electron chi connectivity index (χ1n) is 7.58. The van der Waals surface area contributed by atoms with E-state index < -0.39 is 11.5 Å². The quantitative estimate of drug-likeness (QED) is 0.896. The predicted molar refractivity (Wildman–Crippen MR) is 80.3 cm³/mol. The van der Waals surface area contributed by atoms with Gasteiger partial charge in [-0.2, -0.15) is 0 Å². The summed E-state index contributed by atoms with van der Waals surface area (Å²) < 4.78 is 1.86. The Bertz CT molecular complexity index is 535. The Kier molecular flexibility index (Phi) is 4.40. The van der Waals surface area contributed by atoms with Crippen LogP contribution < -0.4 is 5.32 Å². The summed E-state index contributed by atoms with van der Waals surface area (Å²) >= 11 is 0. The molecule has 1 aliphatic rings. The van der Waals surface area contributed by atoms with Crippen molar-refractivity contribution in [3.8, 4) is 0 Å². The van der Waals surface area contributed by atoms with Crippen LogP contribution in [0.3, 0.4) is 0 Å². The molecule has 2 rings (SSSR count). The Balaban J connectivity index is 2.23. The fraction of sp³-hybridized carbons (Fsp3) is 0.625. The van der Waals surface area contributed by atoms with Crippen molar-refractivity contribution in [2.24, 2.45) is 5.92 Å². The molecular formula is C16H24N2O3. The van der Waals surface area contributed by atoms with E-state index in [-0.39, 0.29) is 11.9 Å². The van der Waals surface area contributed by atoms with Gasteiger partial charge in [-0.3, -0.25) is 4.79 Å². The minimum Gasteiger partial charge on any atom is -0.480 e. The van der Waals surface area contributed by atoms with Crippen LogP contribution in [0.4, 0.5) is 0 Å². The molecule has 1 aromatic heterocycles. The molecular weight excluding hydrogens is 268 g/mol. The molecule has 5 heteroatoms. The number of nitrogens with one attached hydrogen (secondary N) is 1. The molecule has 0 bridgehead atoms. The lowest BCUT2D eigenvalue weighted by Crippen LogP contribution is -2.57. The van der Waals surface area contributed by atoms with Crippen molar-refractivity contribution >= 4 is 11.9 Å². The van der Waals surface area contributed by atoms with Gasteiger partial charge in [0, 0.05) is 12.2 Å². The summed E-state index contributed by atoms with van der Waals surface area (Å²) in [4.78, 5) is 24.2. The van der Waals surface area contributed by atoms with Crippen molar-refractivity contribution in [3.05, 3.63) is 24.0 Å². The number of carboxylic acid groups (broad SMARTS) is 1. The van der Waals surface area contributed by atoms with Crippen LogP contribution in [0.5, 0.6) is 0 Å². The van der Waals surface area contributed by atoms with E-state index in [4.69, 9.17) is 0 Å². The van der Waals surface area contributed by atoms with Crippen LogP contribution in [0.2, 0.25) is 0 Å². The number of nitrogens with zero attached hydrogens (tertiary/aromatic N) is 1. The highest BCUT2D eigenvalue weighted by Gasteiger charge is 2.43. The lowest BCUT2D eigenvalue weighted by Gasteiger charge is -2.37. The highest BCUT2D eigenvalue weighted by Crippen LogP contribution is 2.33. The number of hydrogen-bond donors (Lipinski definition) is 2. The summed E-state index contributed by atoms with van der Waals surface area (Å²) in [7, 11) is 0. The number of carbonyl (C=O) groups is 2. The minimum atomic E-state index is -1.12. The number of rotatable bonds is 4. The van der Waals surface area contributed by atoms with Gasteiger partial charge in [-0.25, -0.2) is 4.79 Å². The molecule has 1 amide bonds. The summed E-state index contributed by atoms with van der Waals surface area (Å²) in [6, 6.07) is 3.70. The average Bonchev–Trinajstić information content (AvgIpc) is 2.87. The molecule has 21 heavy (non-hydrogen) atoms. The van der Waals surface area contributed by atoms with E-state index >= 15 is 0 Å². The van der Waals surface area contributed by atoms with Crippen molar-refractivity contribution in [1.82, 2.24) is 9.88 Å². The lowest BCUT2D eigenvalue weighted by atomic mass is 9.76. The minimum absolute atomic E-state index is 0.159. The van der Waals surface area contributed by atoms with Gasteiger partial charge < -0.3 is 15.0 Å². The van der Waals surface area contributed by atoms with Crippen molar-refractivity contribution in [2.75, 3.05) is 0 Å². The fourth-order valence-corrected chi connectivity index (χ4v) is 3.23. The zero-order chi connectivity index (χ0) is 15.6. The van der Waals surface area contributed by atoms with Gasteiger partial charge in [0.1, 0.15) is 11.2 Å². The van der Waals surface area contributed by atoms with E-state index in [1.165, 1.54) is 0 Å². The maximum atomic E-state index is 12.5. The standard InChI is InChI=1S/C16H24N2O3/c1-11(2)18-9-5-7-13(18)14(19)17-16(15(20)21)8-4-6-12(3)10-16/h5,7,9,11-12H,4,6,8,10H2,1-3H3,(H,17,19)(H,20,21). The van der Waals surface area contributed by atoms with Gasteiger partial charge >= 0.3 is 5.97 Å². The molecule has 2 unspecified atom stereocenters. The molecule has 1 saturated carbocycles. The van der Waals surface area contributed by atoms with E-state index in [1.807, 2.05) is 37.6 Å². The summed E-state index contributed by atoms with van der Waals surface area (Å²) in [5.74, 6) is -0.915. The molecule has 1 aliphatic carbocycles. The van der Waals surface area contributed by atoms with E-state index in [2.05, 4.69) is 5.32 Å². The number of aliphatic carboxylic acids is 1. The molecule has 0 aliphatic heterocycles. The van der Waals surface area contributed by atoms with Crippen molar-refractivity contribution in [1.29, 1.82) is 0 Å². The molecule has 2 N–H and O–H groups in total. The molecule has 0 aromatic carbocycles. The van der Waals surface area contributed by atoms with Gasteiger partial charge in [0.15, 0.2) is 0 Å². The maximum absolute atomic E-state index is 12.5. The Morgan fingerprint density at radius 2 is 2.19 bits per heavy atom. The molecule has 1 fully saturated rings. The predicted octanol–water partition coefficient (Wildman–Crippen LogP) is 2.83. The van der Waals surface area contributed by atoms with Crippen LogP contribution in [-0.2, 0) is 4.79 Å². The van der Waals surface area contributed by atoms with Crippen LogP contribution in [0.1, 0.15) is 63.0 Å². The number of aromatic nitrogens is 1. The zero-order valence-electron chi connectivity index (χ0n) is 12.9. The van der Waals surface area contributed by atoms with Gasteiger partial charge in [0.05, 0.1) is 0 Å². The molecule has 0 saturated heterocycles. The Labute approximate surface area is 125 Å². The van der Waals surface area contributed by atoms with Gasteiger partial charge in [0.2, 0.25) is 0 Å². The number of carbonyl (C=O) groups excluding carboxylic acids is 1. The Morgan fingerprint density at radius 3 is 2.76 bits per heavy atom. The van der Waals surface area contributed by atoms with Crippen molar-refractivity contribution in [3.63, 3.8) is 0 Å². The molecule has 0 radical (unpaired) electrons. The third kappa shape index (κ3) is 3.12. The van der Waals surface area contributed by atoms with E-state index in [9.17, 15) is 14.7 Å². The second kappa shape index (κ2) is 5.92. The third-order valence-corrected chi connectivity index (χ3v) is 4.33. The first kappa shape index (κ1) is 15.6. The van der Waals surface area contributed by atoms with Gasteiger partial charge in [-0.05, 0) is 44.7 Å². The maximum Gasteiger partial charge on any atom is 0.329 e. The molecule has 1 heterocycles. The third-order valence-electron chi connectivity index (χ3n) is 4.33. The number of amides is 1. The SMILES string of the molecule is CC1CCCC(NC(=O)c2cccn2C(C)C)(C(=O)O)C1. The first-order valence-corrected chi connectivity index (χ1v) is 7.58. The van der Waals surface area contributed by atoms with Gasteiger partial charge in [0.25, 0.3) is 5.91 Å². The van der Waals surface area contributed by atoms with Crippen LogP contribution in [0.25, 0.3) is 0 Å². The topological polar surface area (TPSA) is 71.3 Å². The summed E-state index contributed by atoms with van der Waals surface area (Å²) in [6.45, 7) is 6.03. The summed E-state index contributed by atoms with van der Waals surface area (Å²) in [6.07, 6.45) is 4.69. The van der Waals surface area contributed by atoms with Crippen LogP contribution in [0.15, 0.2) is 18.3 Å². The van der Waals surface area contributed by atoms with Crippen molar-refractivity contribution in [2.45, 2.75) is 58.0 Å². The van der Waals surface area contributed by atoms with Gasteiger partial charge in [-0.1, -0.05) is 19.8 Å². The molecule has 1 aromatic rings. The molecule has 0 spiro atoms. The highest BCUT2D eigenvalue weighted by atomic mass is 16.4. The first-order chi connectivity index (χ1) is 9.85. The zero-order valence-corrected chi connectivity index (χ0v) is 12.9. The molecule has 116 valence electrons.